The van der Waals surface area contributed by atoms with Crippen LogP contribution in [0.15, 0.2) is 6.07 Å². The molecule has 1 fully saturated rings. The van der Waals surface area contributed by atoms with E-state index in [1.807, 2.05) is 11.3 Å². The quantitative estimate of drug-likeness (QED) is 0.856. The summed E-state index contributed by atoms with van der Waals surface area (Å²) in [5.41, 5.74) is 1.49. The molecule has 2 unspecified atom stereocenters. The van der Waals surface area contributed by atoms with Crippen LogP contribution in [0.5, 0.6) is 0 Å². The highest BCUT2D eigenvalue weighted by molar-refractivity contribution is 7.12. The third-order valence-corrected chi connectivity index (χ3v) is 5.55. The fourth-order valence-electron chi connectivity index (χ4n) is 3.28. The Morgan fingerprint density at radius 3 is 2.90 bits per heavy atom. The minimum atomic E-state index is -0.353. The van der Waals surface area contributed by atoms with Gasteiger partial charge in [0, 0.05) is 22.7 Å². The predicted octanol–water partition coefficient (Wildman–Crippen LogP) is 1.62. The van der Waals surface area contributed by atoms with Gasteiger partial charge in [0.15, 0.2) is 0 Å². The van der Waals surface area contributed by atoms with Crippen molar-refractivity contribution in [3.8, 4) is 0 Å². The van der Waals surface area contributed by atoms with E-state index in [1.165, 1.54) is 15.3 Å². The summed E-state index contributed by atoms with van der Waals surface area (Å²) >= 11 is 1.91. The molecule has 0 bridgehead atoms. The second-order valence-electron chi connectivity index (χ2n) is 5.98. The van der Waals surface area contributed by atoms with Crippen LogP contribution >= 0.6 is 11.3 Å². The van der Waals surface area contributed by atoms with Gasteiger partial charge in [-0.15, -0.1) is 11.3 Å². The van der Waals surface area contributed by atoms with Crippen molar-refractivity contribution < 1.29 is 14.6 Å². The van der Waals surface area contributed by atoms with Gasteiger partial charge in [0.25, 0.3) is 0 Å². The van der Waals surface area contributed by atoms with E-state index in [-0.39, 0.29) is 12.1 Å². The summed E-state index contributed by atoms with van der Waals surface area (Å²) in [5.74, 6) is 0. The molecule has 2 aliphatic heterocycles. The molecule has 1 aromatic heterocycles. The molecule has 1 saturated heterocycles. The van der Waals surface area contributed by atoms with Gasteiger partial charge in [-0.3, -0.25) is 4.90 Å². The zero-order valence-corrected chi connectivity index (χ0v) is 13.5. The van der Waals surface area contributed by atoms with Crippen LogP contribution in [0, 0.1) is 6.92 Å². The van der Waals surface area contributed by atoms with Crippen molar-refractivity contribution in [2.75, 3.05) is 39.5 Å². The molecule has 3 rings (SSSR count). The van der Waals surface area contributed by atoms with Gasteiger partial charge >= 0.3 is 0 Å². The highest BCUT2D eigenvalue weighted by atomic mass is 32.1. The minimum Gasteiger partial charge on any atom is -0.389 e. The van der Waals surface area contributed by atoms with Gasteiger partial charge in [-0.05, 0) is 37.9 Å². The fraction of sp³-hybridized carbons (Fsp3) is 0.750. The number of fused-ring (bicyclic) bond motifs is 1. The highest BCUT2D eigenvalue weighted by Gasteiger charge is 2.31. The maximum Gasteiger partial charge on any atom is 0.0950 e. The number of hydrogen-bond donors (Lipinski definition) is 1. The van der Waals surface area contributed by atoms with Gasteiger partial charge < -0.3 is 14.6 Å². The molecule has 5 heteroatoms. The summed E-state index contributed by atoms with van der Waals surface area (Å²) in [6.45, 7) is 6.72. The van der Waals surface area contributed by atoms with Crippen LogP contribution in [0.1, 0.15) is 21.7 Å². The second kappa shape index (κ2) is 7.20. The van der Waals surface area contributed by atoms with E-state index in [0.29, 0.717) is 13.2 Å². The molecule has 118 valence electrons. The van der Waals surface area contributed by atoms with Crippen molar-refractivity contribution >= 4 is 11.3 Å². The summed E-state index contributed by atoms with van der Waals surface area (Å²) in [6.07, 6.45) is 2.93. The Kier molecular flexibility index (Phi) is 5.29. The molecule has 1 aromatic rings. The van der Waals surface area contributed by atoms with Crippen LogP contribution in [0.25, 0.3) is 0 Å². The van der Waals surface area contributed by atoms with Gasteiger partial charge in [-0.2, -0.15) is 0 Å². The summed E-state index contributed by atoms with van der Waals surface area (Å²) in [6, 6.07) is 2.47. The SMILES string of the molecule is Cc1cc2c(s1)CCOCCN(C1COCC1O)CCC2. The number of thiophene rings is 1. The first kappa shape index (κ1) is 15.4. The highest BCUT2D eigenvalue weighted by Crippen LogP contribution is 2.24. The third kappa shape index (κ3) is 3.85. The van der Waals surface area contributed by atoms with Gasteiger partial charge in [0.2, 0.25) is 0 Å². The average Bonchev–Trinajstić information content (AvgIpc) is 3.01. The summed E-state index contributed by atoms with van der Waals surface area (Å²) in [7, 11) is 0. The topological polar surface area (TPSA) is 41.9 Å². The van der Waals surface area contributed by atoms with Crippen molar-refractivity contribution in [3.63, 3.8) is 0 Å². The predicted molar refractivity (Wildman–Crippen MR) is 84.1 cm³/mol. The molecule has 0 spiro atoms. The molecule has 0 radical (unpaired) electrons. The van der Waals surface area contributed by atoms with Crippen LogP contribution in [-0.4, -0.2) is 61.7 Å². The van der Waals surface area contributed by atoms with Crippen molar-refractivity contribution in [2.24, 2.45) is 0 Å². The first-order valence-electron chi connectivity index (χ1n) is 7.90. The molecule has 21 heavy (non-hydrogen) atoms. The van der Waals surface area contributed by atoms with E-state index in [4.69, 9.17) is 9.47 Å². The zero-order chi connectivity index (χ0) is 14.7. The Bertz CT molecular complexity index is 462. The lowest BCUT2D eigenvalue weighted by atomic mass is 10.1. The van der Waals surface area contributed by atoms with Gasteiger partial charge in [0.05, 0.1) is 38.6 Å². The molecule has 2 atom stereocenters. The lowest BCUT2D eigenvalue weighted by Crippen LogP contribution is -2.45. The molecule has 0 aliphatic carbocycles. The van der Waals surface area contributed by atoms with Gasteiger partial charge in [-0.1, -0.05) is 0 Å². The number of aliphatic hydroxyl groups is 1. The van der Waals surface area contributed by atoms with Crippen LogP contribution in [-0.2, 0) is 22.3 Å². The van der Waals surface area contributed by atoms with E-state index in [9.17, 15) is 5.11 Å². The number of rotatable bonds is 1. The molecule has 3 heterocycles. The number of aryl methyl sites for hydroxylation is 2. The normalized spacial score (nSPS) is 29.0. The first-order valence-corrected chi connectivity index (χ1v) is 8.71. The molecule has 1 N–H and O–H groups in total. The monoisotopic (exact) mass is 311 g/mol. The molecule has 0 aromatic carbocycles. The molecular weight excluding hydrogens is 286 g/mol. The van der Waals surface area contributed by atoms with E-state index >= 15 is 0 Å². The lowest BCUT2D eigenvalue weighted by Gasteiger charge is -2.29. The standard InChI is InChI=1S/C16H25NO3S/c1-12-9-13-3-2-5-17(14-10-20-11-15(14)18)6-8-19-7-4-16(13)21-12/h9,14-15,18H,2-8,10-11H2,1H3. The summed E-state index contributed by atoms with van der Waals surface area (Å²) in [4.78, 5) is 5.24. The largest absolute Gasteiger partial charge is 0.389 e. The van der Waals surface area contributed by atoms with Crippen molar-refractivity contribution in [3.05, 3.63) is 21.4 Å². The number of hydrogen-bond acceptors (Lipinski definition) is 5. The van der Waals surface area contributed by atoms with E-state index in [1.54, 1.807) is 0 Å². The molecular formula is C16H25NO3S. The second-order valence-corrected chi connectivity index (χ2v) is 7.32. The van der Waals surface area contributed by atoms with Crippen LogP contribution < -0.4 is 0 Å². The number of nitrogens with zero attached hydrogens (tertiary/aromatic N) is 1. The lowest BCUT2D eigenvalue weighted by molar-refractivity contribution is 0.0506. The summed E-state index contributed by atoms with van der Waals surface area (Å²) in [5, 5.41) is 10.0. The molecule has 2 aliphatic rings. The molecule has 4 nitrogen and oxygen atoms in total. The van der Waals surface area contributed by atoms with E-state index < -0.39 is 0 Å². The molecule has 0 saturated carbocycles. The average molecular weight is 311 g/mol. The van der Waals surface area contributed by atoms with Gasteiger partial charge in [0.1, 0.15) is 0 Å². The third-order valence-electron chi connectivity index (χ3n) is 4.40. The van der Waals surface area contributed by atoms with Crippen LogP contribution in [0.4, 0.5) is 0 Å². The van der Waals surface area contributed by atoms with Crippen molar-refractivity contribution in [1.82, 2.24) is 4.90 Å². The fourth-order valence-corrected chi connectivity index (χ4v) is 4.35. The Morgan fingerprint density at radius 1 is 1.19 bits per heavy atom. The van der Waals surface area contributed by atoms with Crippen LogP contribution in [0.2, 0.25) is 0 Å². The first-order chi connectivity index (χ1) is 10.2. The van der Waals surface area contributed by atoms with E-state index in [0.717, 1.165) is 45.6 Å². The Labute approximate surface area is 130 Å². The van der Waals surface area contributed by atoms with Crippen molar-refractivity contribution in [1.29, 1.82) is 0 Å². The Hall–Kier alpha value is -0.460. The van der Waals surface area contributed by atoms with Crippen LogP contribution in [0.3, 0.4) is 0 Å². The minimum absolute atomic E-state index is 0.137. The summed E-state index contributed by atoms with van der Waals surface area (Å²) < 4.78 is 11.2. The smallest absolute Gasteiger partial charge is 0.0950 e. The number of aliphatic hydroxyl groups excluding tert-OH is 1. The Balaban J connectivity index is 1.66. The molecule has 0 amide bonds. The van der Waals surface area contributed by atoms with Gasteiger partial charge in [-0.25, -0.2) is 0 Å². The zero-order valence-electron chi connectivity index (χ0n) is 12.7. The Morgan fingerprint density at radius 2 is 2.10 bits per heavy atom. The number of ether oxygens (including phenoxy) is 2. The van der Waals surface area contributed by atoms with Crippen molar-refractivity contribution in [2.45, 2.75) is 38.3 Å². The van der Waals surface area contributed by atoms with E-state index in [2.05, 4.69) is 17.9 Å². The maximum atomic E-state index is 10.0. The maximum absolute atomic E-state index is 10.0.